The van der Waals surface area contributed by atoms with Crippen molar-refractivity contribution in [1.29, 1.82) is 0 Å². The van der Waals surface area contributed by atoms with E-state index >= 15 is 0 Å². The maximum atomic E-state index is 12.6. The first-order valence-corrected chi connectivity index (χ1v) is 9.04. The second-order valence-electron chi connectivity index (χ2n) is 7.31. The molecule has 0 unspecified atom stereocenters. The number of hydrogen-bond donors (Lipinski definition) is 1. The zero-order valence-electron chi connectivity index (χ0n) is 15.4. The summed E-state index contributed by atoms with van der Waals surface area (Å²) in [4.78, 5) is 18.8. The van der Waals surface area contributed by atoms with Crippen LogP contribution in [0.5, 0.6) is 0 Å². The average Bonchev–Trinajstić information content (AvgIpc) is 2.58. The SMILES string of the molecule is CC(C)C(NC(=O)N1CCC[C@@H](OCc2ccccn2)C1)C(C)C. The highest BCUT2D eigenvalue weighted by Crippen LogP contribution is 2.17. The third kappa shape index (κ3) is 5.48. The lowest BCUT2D eigenvalue weighted by Gasteiger charge is -2.35. The lowest BCUT2D eigenvalue weighted by Crippen LogP contribution is -2.52. The van der Waals surface area contributed by atoms with Crippen LogP contribution < -0.4 is 5.32 Å². The van der Waals surface area contributed by atoms with E-state index in [1.165, 1.54) is 0 Å². The maximum absolute atomic E-state index is 12.6. The van der Waals surface area contributed by atoms with Crippen molar-refractivity contribution in [3.8, 4) is 0 Å². The predicted octanol–water partition coefficient (Wildman–Crippen LogP) is 3.45. The van der Waals surface area contributed by atoms with Crippen molar-refractivity contribution in [2.75, 3.05) is 13.1 Å². The maximum Gasteiger partial charge on any atom is 0.317 e. The summed E-state index contributed by atoms with van der Waals surface area (Å²) in [5.74, 6) is 0.852. The second kappa shape index (κ2) is 9.02. The molecule has 1 aliphatic rings. The van der Waals surface area contributed by atoms with Gasteiger partial charge in [-0.3, -0.25) is 4.98 Å². The number of nitrogens with zero attached hydrogens (tertiary/aromatic N) is 2. The van der Waals surface area contributed by atoms with Crippen molar-refractivity contribution in [1.82, 2.24) is 15.2 Å². The van der Waals surface area contributed by atoms with E-state index in [1.807, 2.05) is 23.1 Å². The van der Waals surface area contributed by atoms with Gasteiger partial charge in [-0.15, -0.1) is 0 Å². The fraction of sp³-hybridized carbons (Fsp3) is 0.684. The van der Waals surface area contributed by atoms with Crippen LogP contribution in [-0.4, -0.2) is 41.2 Å². The van der Waals surface area contributed by atoms with E-state index in [0.29, 0.717) is 25.0 Å². The summed E-state index contributed by atoms with van der Waals surface area (Å²) in [6.45, 7) is 10.6. The Kier molecular flexibility index (Phi) is 7.03. The van der Waals surface area contributed by atoms with Gasteiger partial charge in [-0.1, -0.05) is 33.8 Å². The number of urea groups is 1. The van der Waals surface area contributed by atoms with Crippen LogP contribution in [0.3, 0.4) is 0 Å². The smallest absolute Gasteiger partial charge is 0.317 e. The van der Waals surface area contributed by atoms with Gasteiger partial charge in [0.2, 0.25) is 0 Å². The largest absolute Gasteiger partial charge is 0.370 e. The first-order valence-electron chi connectivity index (χ1n) is 9.04. The van der Waals surface area contributed by atoms with Gasteiger partial charge < -0.3 is 15.0 Å². The van der Waals surface area contributed by atoms with Gasteiger partial charge in [0.25, 0.3) is 0 Å². The Morgan fingerprint density at radius 3 is 2.71 bits per heavy atom. The molecule has 134 valence electrons. The molecule has 1 atom stereocenters. The molecule has 2 amide bonds. The number of pyridine rings is 1. The Balaban J connectivity index is 1.84. The Hall–Kier alpha value is -1.62. The topological polar surface area (TPSA) is 54.5 Å². The molecular formula is C19H31N3O2. The molecule has 24 heavy (non-hydrogen) atoms. The first kappa shape index (κ1) is 18.7. The fourth-order valence-electron chi connectivity index (χ4n) is 3.28. The van der Waals surface area contributed by atoms with Crippen molar-refractivity contribution in [2.45, 2.75) is 59.3 Å². The molecule has 1 N–H and O–H groups in total. The summed E-state index contributed by atoms with van der Waals surface area (Å²) in [6.07, 6.45) is 3.84. The highest BCUT2D eigenvalue weighted by molar-refractivity contribution is 5.74. The Bertz CT molecular complexity index is 497. The van der Waals surface area contributed by atoms with Crippen LogP contribution in [0.2, 0.25) is 0 Å². The molecule has 2 rings (SSSR count). The van der Waals surface area contributed by atoms with Gasteiger partial charge in [0.05, 0.1) is 18.4 Å². The van der Waals surface area contributed by atoms with Crippen LogP contribution in [0.25, 0.3) is 0 Å². The van der Waals surface area contributed by atoms with Gasteiger partial charge in [-0.05, 0) is 36.8 Å². The monoisotopic (exact) mass is 333 g/mol. The molecule has 0 saturated carbocycles. The van der Waals surface area contributed by atoms with Crippen LogP contribution in [0, 0.1) is 11.8 Å². The molecule has 5 heteroatoms. The van der Waals surface area contributed by atoms with Crippen LogP contribution >= 0.6 is 0 Å². The molecule has 1 saturated heterocycles. The molecule has 0 spiro atoms. The van der Waals surface area contributed by atoms with Crippen LogP contribution in [0.4, 0.5) is 4.79 Å². The van der Waals surface area contributed by atoms with Crippen LogP contribution in [-0.2, 0) is 11.3 Å². The summed E-state index contributed by atoms with van der Waals surface area (Å²) in [5.41, 5.74) is 0.929. The summed E-state index contributed by atoms with van der Waals surface area (Å²) in [5, 5.41) is 3.20. The number of carbonyl (C=O) groups excluding carboxylic acids is 1. The number of ether oxygens (including phenoxy) is 1. The molecule has 1 aromatic rings. The van der Waals surface area contributed by atoms with E-state index in [2.05, 4.69) is 38.0 Å². The summed E-state index contributed by atoms with van der Waals surface area (Å²) >= 11 is 0. The zero-order chi connectivity index (χ0) is 17.5. The molecule has 1 aliphatic heterocycles. The highest BCUT2D eigenvalue weighted by Gasteiger charge is 2.27. The van der Waals surface area contributed by atoms with E-state index < -0.39 is 0 Å². The Labute approximate surface area is 145 Å². The van der Waals surface area contributed by atoms with Gasteiger partial charge in [-0.25, -0.2) is 4.79 Å². The molecule has 0 bridgehead atoms. The van der Waals surface area contributed by atoms with Crippen molar-refractivity contribution in [3.63, 3.8) is 0 Å². The minimum atomic E-state index is 0.0357. The summed E-state index contributed by atoms with van der Waals surface area (Å²) in [7, 11) is 0. The number of likely N-dealkylation sites (tertiary alicyclic amines) is 1. The lowest BCUT2D eigenvalue weighted by atomic mass is 9.93. The van der Waals surface area contributed by atoms with Crippen molar-refractivity contribution in [2.24, 2.45) is 11.8 Å². The van der Waals surface area contributed by atoms with E-state index in [1.54, 1.807) is 6.20 Å². The van der Waals surface area contributed by atoms with E-state index in [9.17, 15) is 4.79 Å². The Morgan fingerprint density at radius 1 is 1.33 bits per heavy atom. The molecule has 0 aromatic carbocycles. The highest BCUT2D eigenvalue weighted by atomic mass is 16.5. The number of aromatic nitrogens is 1. The quantitative estimate of drug-likeness (QED) is 0.867. The molecule has 5 nitrogen and oxygen atoms in total. The summed E-state index contributed by atoms with van der Waals surface area (Å²) < 4.78 is 5.97. The number of piperidine rings is 1. The molecule has 1 fully saturated rings. The van der Waals surface area contributed by atoms with Crippen molar-refractivity contribution in [3.05, 3.63) is 30.1 Å². The molecule has 2 heterocycles. The predicted molar refractivity (Wildman–Crippen MR) is 95.6 cm³/mol. The number of carbonyl (C=O) groups is 1. The van der Waals surface area contributed by atoms with Gasteiger partial charge in [0.1, 0.15) is 0 Å². The molecule has 0 aliphatic carbocycles. The van der Waals surface area contributed by atoms with E-state index in [0.717, 1.165) is 25.1 Å². The number of hydrogen-bond acceptors (Lipinski definition) is 3. The van der Waals surface area contributed by atoms with Crippen molar-refractivity contribution >= 4 is 6.03 Å². The molecule has 1 aromatic heterocycles. The van der Waals surface area contributed by atoms with Crippen LogP contribution in [0.1, 0.15) is 46.2 Å². The standard InChI is InChI=1S/C19H31N3O2/c1-14(2)18(15(3)4)21-19(23)22-11-7-9-17(12-22)24-13-16-8-5-6-10-20-16/h5-6,8,10,14-15,17-18H,7,9,11-13H2,1-4H3,(H,21,23)/t17-/m1/s1. The minimum Gasteiger partial charge on any atom is -0.370 e. The summed E-state index contributed by atoms with van der Waals surface area (Å²) in [6, 6.07) is 6.06. The number of amides is 2. The van der Waals surface area contributed by atoms with E-state index in [4.69, 9.17) is 4.74 Å². The number of rotatable bonds is 6. The number of nitrogens with one attached hydrogen (secondary N) is 1. The second-order valence-corrected chi connectivity index (χ2v) is 7.31. The first-order chi connectivity index (χ1) is 11.5. The van der Waals surface area contributed by atoms with Gasteiger partial charge in [-0.2, -0.15) is 0 Å². The molecular weight excluding hydrogens is 302 g/mol. The van der Waals surface area contributed by atoms with Gasteiger partial charge in [0.15, 0.2) is 0 Å². The molecule has 0 radical (unpaired) electrons. The third-order valence-electron chi connectivity index (χ3n) is 4.59. The lowest BCUT2D eigenvalue weighted by molar-refractivity contribution is -0.00221. The van der Waals surface area contributed by atoms with Crippen LogP contribution in [0.15, 0.2) is 24.4 Å². The Morgan fingerprint density at radius 2 is 2.08 bits per heavy atom. The van der Waals surface area contributed by atoms with Gasteiger partial charge in [0, 0.05) is 25.3 Å². The van der Waals surface area contributed by atoms with E-state index in [-0.39, 0.29) is 18.2 Å². The average molecular weight is 333 g/mol. The normalized spacial score (nSPS) is 18.5. The van der Waals surface area contributed by atoms with Gasteiger partial charge >= 0.3 is 6.03 Å². The zero-order valence-corrected chi connectivity index (χ0v) is 15.4. The fourth-order valence-corrected chi connectivity index (χ4v) is 3.28. The van der Waals surface area contributed by atoms with Crippen molar-refractivity contribution < 1.29 is 9.53 Å². The third-order valence-corrected chi connectivity index (χ3v) is 4.59. The minimum absolute atomic E-state index is 0.0357.